The molecular formula is C9H10N2O2. The predicted molar refractivity (Wildman–Crippen MR) is 47.8 cm³/mol. The van der Waals surface area contributed by atoms with Gasteiger partial charge in [-0.3, -0.25) is 4.79 Å². The SMILES string of the molecule is O=Cc1cccnc1N1CC(O)C1. The number of carbonyl (C=O) groups excluding carboxylic acids is 1. The fourth-order valence-electron chi connectivity index (χ4n) is 1.39. The van der Waals surface area contributed by atoms with Crippen LogP contribution in [0.4, 0.5) is 5.82 Å². The minimum absolute atomic E-state index is 0.276. The van der Waals surface area contributed by atoms with Crippen LogP contribution in [0.1, 0.15) is 10.4 Å². The molecule has 0 spiro atoms. The van der Waals surface area contributed by atoms with E-state index in [2.05, 4.69) is 4.98 Å². The lowest BCUT2D eigenvalue weighted by Crippen LogP contribution is -2.51. The van der Waals surface area contributed by atoms with E-state index in [9.17, 15) is 4.79 Å². The van der Waals surface area contributed by atoms with Crippen molar-refractivity contribution >= 4 is 12.1 Å². The van der Waals surface area contributed by atoms with E-state index >= 15 is 0 Å². The zero-order valence-corrected chi connectivity index (χ0v) is 7.05. The molecule has 1 aromatic rings. The summed E-state index contributed by atoms with van der Waals surface area (Å²) in [6, 6.07) is 3.45. The molecule has 1 aliphatic heterocycles. The summed E-state index contributed by atoms with van der Waals surface area (Å²) in [4.78, 5) is 16.6. The Balaban J connectivity index is 2.24. The van der Waals surface area contributed by atoms with Crippen LogP contribution < -0.4 is 4.90 Å². The van der Waals surface area contributed by atoms with Crippen molar-refractivity contribution in [2.45, 2.75) is 6.10 Å². The summed E-state index contributed by atoms with van der Waals surface area (Å²) in [5.41, 5.74) is 0.578. The van der Waals surface area contributed by atoms with Crippen LogP contribution in [-0.2, 0) is 0 Å². The van der Waals surface area contributed by atoms with E-state index in [0.29, 0.717) is 24.5 Å². The maximum absolute atomic E-state index is 10.6. The normalized spacial score (nSPS) is 16.8. The van der Waals surface area contributed by atoms with Gasteiger partial charge in [0.05, 0.1) is 11.7 Å². The van der Waals surface area contributed by atoms with Crippen LogP contribution >= 0.6 is 0 Å². The van der Waals surface area contributed by atoms with Gasteiger partial charge in [-0.05, 0) is 12.1 Å². The Morgan fingerprint density at radius 1 is 1.62 bits per heavy atom. The number of hydrogen-bond donors (Lipinski definition) is 1. The molecule has 1 aliphatic rings. The van der Waals surface area contributed by atoms with Gasteiger partial charge in [-0.25, -0.2) is 4.98 Å². The molecule has 0 saturated carbocycles. The molecule has 4 heteroatoms. The van der Waals surface area contributed by atoms with Crippen LogP contribution in [0.3, 0.4) is 0 Å². The van der Waals surface area contributed by atoms with Gasteiger partial charge in [-0.15, -0.1) is 0 Å². The molecule has 1 fully saturated rings. The van der Waals surface area contributed by atoms with E-state index in [4.69, 9.17) is 5.11 Å². The summed E-state index contributed by atoms with van der Waals surface area (Å²) >= 11 is 0. The highest BCUT2D eigenvalue weighted by atomic mass is 16.3. The number of aliphatic hydroxyl groups excluding tert-OH is 1. The summed E-state index contributed by atoms with van der Waals surface area (Å²) in [6.45, 7) is 1.13. The molecule has 68 valence electrons. The van der Waals surface area contributed by atoms with Gasteiger partial charge in [-0.2, -0.15) is 0 Å². The highest BCUT2D eigenvalue weighted by Gasteiger charge is 2.26. The lowest BCUT2D eigenvalue weighted by Gasteiger charge is -2.37. The molecule has 4 nitrogen and oxygen atoms in total. The van der Waals surface area contributed by atoms with Gasteiger partial charge in [-0.1, -0.05) is 0 Å². The molecule has 1 aromatic heterocycles. The molecule has 2 rings (SSSR count). The lowest BCUT2D eigenvalue weighted by atomic mass is 10.1. The fraction of sp³-hybridized carbons (Fsp3) is 0.333. The molecule has 1 saturated heterocycles. The Morgan fingerprint density at radius 3 is 3.00 bits per heavy atom. The Hall–Kier alpha value is -1.42. The van der Waals surface area contributed by atoms with E-state index in [1.807, 2.05) is 4.90 Å². The van der Waals surface area contributed by atoms with E-state index in [0.717, 1.165) is 6.29 Å². The van der Waals surface area contributed by atoms with Crippen LogP contribution in [0, 0.1) is 0 Å². The first-order valence-electron chi connectivity index (χ1n) is 4.14. The van der Waals surface area contributed by atoms with Crippen LogP contribution in [0.25, 0.3) is 0 Å². The molecular weight excluding hydrogens is 168 g/mol. The number of pyridine rings is 1. The second kappa shape index (κ2) is 3.14. The van der Waals surface area contributed by atoms with Gasteiger partial charge < -0.3 is 10.0 Å². The quantitative estimate of drug-likeness (QED) is 0.651. The van der Waals surface area contributed by atoms with Crippen molar-refractivity contribution < 1.29 is 9.90 Å². The molecule has 13 heavy (non-hydrogen) atoms. The summed E-state index contributed by atoms with van der Waals surface area (Å²) in [6.07, 6.45) is 2.15. The van der Waals surface area contributed by atoms with Crippen molar-refractivity contribution in [2.75, 3.05) is 18.0 Å². The number of anilines is 1. The van der Waals surface area contributed by atoms with Crippen molar-refractivity contribution in [3.05, 3.63) is 23.9 Å². The second-order valence-electron chi connectivity index (χ2n) is 3.09. The molecule has 0 unspecified atom stereocenters. The lowest BCUT2D eigenvalue weighted by molar-refractivity contribution is 0.112. The number of aldehydes is 1. The van der Waals surface area contributed by atoms with Crippen molar-refractivity contribution in [2.24, 2.45) is 0 Å². The summed E-state index contributed by atoms with van der Waals surface area (Å²) in [5, 5.41) is 9.09. The Kier molecular flexibility index (Phi) is 1.98. The first-order chi connectivity index (χ1) is 6.31. The van der Waals surface area contributed by atoms with E-state index in [-0.39, 0.29) is 6.10 Å². The van der Waals surface area contributed by atoms with E-state index < -0.39 is 0 Å². The number of aliphatic hydroxyl groups is 1. The third kappa shape index (κ3) is 1.40. The minimum atomic E-state index is -0.276. The fourth-order valence-corrected chi connectivity index (χ4v) is 1.39. The van der Waals surface area contributed by atoms with Gasteiger partial charge in [0.15, 0.2) is 6.29 Å². The number of rotatable bonds is 2. The number of carbonyl (C=O) groups is 1. The Bertz CT molecular complexity index is 321. The van der Waals surface area contributed by atoms with Crippen LogP contribution in [0.2, 0.25) is 0 Å². The monoisotopic (exact) mass is 178 g/mol. The first kappa shape index (κ1) is 8.19. The van der Waals surface area contributed by atoms with E-state index in [1.165, 1.54) is 0 Å². The van der Waals surface area contributed by atoms with E-state index in [1.54, 1.807) is 18.3 Å². The van der Waals surface area contributed by atoms with Gasteiger partial charge in [0.2, 0.25) is 0 Å². The molecule has 0 aromatic carbocycles. The van der Waals surface area contributed by atoms with Crippen molar-refractivity contribution in [3.8, 4) is 0 Å². The largest absolute Gasteiger partial charge is 0.389 e. The number of β-amino-alcohol motifs (C(OH)–C–C–N with tert-alkyl or cyclic N) is 1. The smallest absolute Gasteiger partial charge is 0.153 e. The average molecular weight is 178 g/mol. The topological polar surface area (TPSA) is 53.4 Å². The molecule has 0 atom stereocenters. The standard InChI is InChI=1S/C9H10N2O2/c12-6-7-2-1-3-10-9(7)11-4-8(13)5-11/h1-3,6,8,13H,4-5H2. The van der Waals surface area contributed by atoms with Crippen molar-refractivity contribution in [1.82, 2.24) is 4.98 Å². The van der Waals surface area contributed by atoms with Gasteiger partial charge >= 0.3 is 0 Å². The first-order valence-corrected chi connectivity index (χ1v) is 4.14. The zero-order valence-electron chi connectivity index (χ0n) is 7.05. The minimum Gasteiger partial charge on any atom is -0.389 e. The van der Waals surface area contributed by atoms with Crippen molar-refractivity contribution in [1.29, 1.82) is 0 Å². The van der Waals surface area contributed by atoms with Crippen molar-refractivity contribution in [3.63, 3.8) is 0 Å². The maximum atomic E-state index is 10.6. The molecule has 0 amide bonds. The van der Waals surface area contributed by atoms with Gasteiger partial charge in [0, 0.05) is 19.3 Å². The molecule has 0 aliphatic carbocycles. The molecule has 1 N–H and O–H groups in total. The van der Waals surface area contributed by atoms with Gasteiger partial charge in [0.1, 0.15) is 5.82 Å². The second-order valence-corrected chi connectivity index (χ2v) is 3.09. The average Bonchev–Trinajstić information content (AvgIpc) is 2.13. The Morgan fingerprint density at radius 2 is 2.38 bits per heavy atom. The summed E-state index contributed by atoms with van der Waals surface area (Å²) in [7, 11) is 0. The molecule has 0 bridgehead atoms. The highest BCUT2D eigenvalue weighted by Crippen LogP contribution is 2.20. The van der Waals surface area contributed by atoms with Crippen LogP contribution in [0.15, 0.2) is 18.3 Å². The van der Waals surface area contributed by atoms with Crippen LogP contribution in [0.5, 0.6) is 0 Å². The number of nitrogens with zero attached hydrogens (tertiary/aromatic N) is 2. The number of aromatic nitrogens is 1. The third-order valence-electron chi connectivity index (χ3n) is 2.11. The molecule has 0 radical (unpaired) electrons. The summed E-state index contributed by atoms with van der Waals surface area (Å²) in [5.74, 6) is 0.669. The maximum Gasteiger partial charge on any atom is 0.153 e. The Labute approximate surface area is 75.8 Å². The predicted octanol–water partition coefficient (Wildman–Crippen LogP) is 0.0750. The highest BCUT2D eigenvalue weighted by molar-refractivity contribution is 5.82. The van der Waals surface area contributed by atoms with Crippen LogP contribution in [-0.4, -0.2) is 35.6 Å². The molecule has 2 heterocycles. The summed E-state index contributed by atoms with van der Waals surface area (Å²) < 4.78 is 0. The number of hydrogen-bond acceptors (Lipinski definition) is 4. The van der Waals surface area contributed by atoms with Gasteiger partial charge in [0.25, 0.3) is 0 Å². The third-order valence-corrected chi connectivity index (χ3v) is 2.11. The zero-order chi connectivity index (χ0) is 9.26.